The molecule has 1 heteroatoms. The minimum absolute atomic E-state index is 0.940. The second kappa shape index (κ2) is 3.67. The fraction of sp³-hybridized carbons (Fsp3) is 0.333. The average molecular weight is 151 g/mol. The van der Waals surface area contributed by atoms with Gasteiger partial charge in [0, 0.05) is 11.3 Å². The van der Waals surface area contributed by atoms with Crippen LogP contribution in [-0.2, 0) is 0 Å². The number of allylic oxidation sites excluding steroid dienone is 4. The van der Waals surface area contributed by atoms with E-state index in [-0.39, 0.29) is 0 Å². The first kappa shape index (κ1) is 7.67. The summed E-state index contributed by atoms with van der Waals surface area (Å²) in [5.41, 5.74) is 1.33. The number of thiocarbonyl (C=S) groups is 1. The smallest absolute Gasteiger partial charge is 0.0192 e. The van der Waals surface area contributed by atoms with E-state index in [0.29, 0.717) is 0 Å². The molecule has 0 heterocycles. The summed E-state index contributed by atoms with van der Waals surface area (Å²) < 4.78 is 0. The summed E-state index contributed by atoms with van der Waals surface area (Å²) >= 11 is 5.05. The molecule has 0 spiro atoms. The van der Waals surface area contributed by atoms with Crippen molar-refractivity contribution < 1.29 is 0 Å². The summed E-state index contributed by atoms with van der Waals surface area (Å²) in [6.07, 6.45) is 9.29. The predicted octanol–water partition coefficient (Wildman–Crippen LogP) is 2.86. The van der Waals surface area contributed by atoms with Crippen LogP contribution in [0.4, 0.5) is 0 Å². The number of hydrogen-bond acceptors (Lipinski definition) is 1. The fourth-order valence-electron chi connectivity index (χ4n) is 1.000. The van der Waals surface area contributed by atoms with E-state index >= 15 is 0 Å². The normalized spacial score (nSPS) is 17.3. The van der Waals surface area contributed by atoms with Crippen LogP contribution in [0.3, 0.4) is 0 Å². The Morgan fingerprint density at radius 3 is 3.00 bits per heavy atom. The van der Waals surface area contributed by atoms with Crippen molar-refractivity contribution in [3.63, 3.8) is 0 Å². The van der Waals surface area contributed by atoms with E-state index in [1.165, 1.54) is 5.57 Å². The van der Waals surface area contributed by atoms with Crippen LogP contribution in [0.2, 0.25) is 0 Å². The van der Waals surface area contributed by atoms with Crippen molar-refractivity contribution in [2.75, 3.05) is 0 Å². The van der Waals surface area contributed by atoms with Gasteiger partial charge in [0.05, 0.1) is 0 Å². The Balaban J connectivity index is 2.57. The minimum Gasteiger partial charge on any atom is -0.0846 e. The highest BCUT2D eigenvalue weighted by Gasteiger charge is 1.98. The summed E-state index contributed by atoms with van der Waals surface area (Å²) in [5.74, 6) is 0. The Kier molecular flexibility index (Phi) is 2.82. The third-order valence-electron chi connectivity index (χ3n) is 1.46. The number of hydrogen-bond donors (Lipinski definition) is 0. The van der Waals surface area contributed by atoms with Crippen molar-refractivity contribution in [2.24, 2.45) is 0 Å². The minimum atomic E-state index is 0.940. The van der Waals surface area contributed by atoms with Gasteiger partial charge in [-0.05, 0) is 24.5 Å². The molecule has 53 valence electrons. The standard InChI is InChI=1S/C9H11S/c1-2-4-8-5-3-6-9(10)7-8/h3,5,7H,1-2,4,6H2. The van der Waals surface area contributed by atoms with Gasteiger partial charge in [0.25, 0.3) is 0 Å². The first-order valence-corrected chi connectivity index (χ1v) is 3.93. The third-order valence-corrected chi connectivity index (χ3v) is 1.75. The summed E-state index contributed by atoms with van der Waals surface area (Å²) in [7, 11) is 0. The molecule has 0 aliphatic heterocycles. The van der Waals surface area contributed by atoms with Gasteiger partial charge in [-0.15, -0.1) is 0 Å². The third kappa shape index (κ3) is 2.07. The second-order valence-corrected chi connectivity index (χ2v) is 2.92. The fourth-order valence-corrected chi connectivity index (χ4v) is 1.25. The quantitative estimate of drug-likeness (QED) is 0.547. The zero-order chi connectivity index (χ0) is 7.40. The molecule has 0 fully saturated rings. The lowest BCUT2D eigenvalue weighted by Crippen LogP contribution is -1.94. The van der Waals surface area contributed by atoms with E-state index in [1.807, 2.05) is 0 Å². The van der Waals surface area contributed by atoms with Gasteiger partial charge in [-0.2, -0.15) is 0 Å². The molecule has 0 aromatic rings. The molecule has 0 aromatic carbocycles. The Morgan fingerprint density at radius 1 is 1.60 bits per heavy atom. The highest BCUT2D eigenvalue weighted by atomic mass is 32.1. The first-order chi connectivity index (χ1) is 4.83. The van der Waals surface area contributed by atoms with Crippen LogP contribution in [0.15, 0.2) is 23.8 Å². The van der Waals surface area contributed by atoms with Crippen LogP contribution in [0, 0.1) is 6.92 Å². The van der Waals surface area contributed by atoms with Crippen LogP contribution in [0.1, 0.15) is 19.3 Å². The molecule has 0 saturated carbocycles. The molecular weight excluding hydrogens is 140 g/mol. The van der Waals surface area contributed by atoms with Crippen LogP contribution in [-0.4, -0.2) is 4.86 Å². The molecular formula is C9H11S. The Morgan fingerprint density at radius 2 is 2.40 bits per heavy atom. The van der Waals surface area contributed by atoms with Crippen molar-refractivity contribution in [3.8, 4) is 0 Å². The van der Waals surface area contributed by atoms with Crippen LogP contribution in [0.5, 0.6) is 0 Å². The van der Waals surface area contributed by atoms with Gasteiger partial charge < -0.3 is 0 Å². The largest absolute Gasteiger partial charge is 0.0846 e. The van der Waals surface area contributed by atoms with Gasteiger partial charge >= 0.3 is 0 Å². The SMILES string of the molecule is [CH2]CCC1=CC(=S)CC=C1. The molecule has 1 radical (unpaired) electrons. The summed E-state index contributed by atoms with van der Waals surface area (Å²) in [6, 6.07) is 0. The molecule has 0 nitrogen and oxygen atoms in total. The van der Waals surface area contributed by atoms with E-state index in [1.54, 1.807) is 0 Å². The van der Waals surface area contributed by atoms with E-state index in [9.17, 15) is 0 Å². The van der Waals surface area contributed by atoms with E-state index in [0.717, 1.165) is 24.1 Å². The van der Waals surface area contributed by atoms with Gasteiger partial charge in [0.15, 0.2) is 0 Å². The van der Waals surface area contributed by atoms with Gasteiger partial charge in [0.2, 0.25) is 0 Å². The van der Waals surface area contributed by atoms with E-state index in [2.05, 4.69) is 25.2 Å². The lowest BCUT2D eigenvalue weighted by atomic mass is 10.0. The monoisotopic (exact) mass is 151 g/mol. The van der Waals surface area contributed by atoms with Gasteiger partial charge in [-0.3, -0.25) is 0 Å². The van der Waals surface area contributed by atoms with Crippen molar-refractivity contribution in [1.29, 1.82) is 0 Å². The molecule has 0 aromatic heterocycles. The van der Waals surface area contributed by atoms with Crippen LogP contribution < -0.4 is 0 Å². The van der Waals surface area contributed by atoms with Gasteiger partial charge in [-0.1, -0.05) is 31.3 Å². The maximum atomic E-state index is 5.05. The maximum absolute atomic E-state index is 5.05. The summed E-state index contributed by atoms with van der Waals surface area (Å²) in [5, 5.41) is 0. The molecule has 0 bridgehead atoms. The Hall–Kier alpha value is -0.430. The molecule has 0 unspecified atom stereocenters. The first-order valence-electron chi connectivity index (χ1n) is 3.52. The van der Waals surface area contributed by atoms with Crippen LogP contribution >= 0.6 is 12.2 Å². The molecule has 10 heavy (non-hydrogen) atoms. The zero-order valence-electron chi connectivity index (χ0n) is 5.97. The average Bonchev–Trinajstić information content (AvgIpc) is 1.88. The van der Waals surface area contributed by atoms with Gasteiger partial charge in [0.1, 0.15) is 0 Å². The highest BCUT2D eigenvalue weighted by molar-refractivity contribution is 7.80. The molecule has 1 aliphatic rings. The lowest BCUT2D eigenvalue weighted by molar-refractivity contribution is 1.00. The van der Waals surface area contributed by atoms with Crippen molar-refractivity contribution in [2.45, 2.75) is 19.3 Å². The second-order valence-electron chi connectivity index (χ2n) is 2.40. The number of rotatable bonds is 2. The molecule has 0 N–H and O–H groups in total. The van der Waals surface area contributed by atoms with Crippen molar-refractivity contribution in [1.82, 2.24) is 0 Å². The Labute approximate surface area is 67.6 Å². The topological polar surface area (TPSA) is 0 Å². The van der Waals surface area contributed by atoms with Gasteiger partial charge in [-0.25, -0.2) is 0 Å². The molecule has 1 aliphatic carbocycles. The molecule has 0 saturated heterocycles. The van der Waals surface area contributed by atoms with Crippen molar-refractivity contribution in [3.05, 3.63) is 30.7 Å². The summed E-state index contributed by atoms with van der Waals surface area (Å²) in [6.45, 7) is 3.79. The molecule has 0 atom stereocenters. The van der Waals surface area contributed by atoms with Crippen LogP contribution in [0.25, 0.3) is 0 Å². The van der Waals surface area contributed by atoms with E-state index in [4.69, 9.17) is 12.2 Å². The molecule has 1 rings (SSSR count). The summed E-state index contributed by atoms with van der Waals surface area (Å²) in [4.78, 5) is 1.05. The van der Waals surface area contributed by atoms with Crippen molar-refractivity contribution >= 4 is 17.1 Å². The zero-order valence-corrected chi connectivity index (χ0v) is 6.79. The predicted molar refractivity (Wildman–Crippen MR) is 49.0 cm³/mol. The lowest BCUT2D eigenvalue weighted by Gasteiger charge is -2.04. The maximum Gasteiger partial charge on any atom is 0.0192 e. The van der Waals surface area contributed by atoms with E-state index < -0.39 is 0 Å². The highest BCUT2D eigenvalue weighted by Crippen LogP contribution is 2.12. The Bertz CT molecular complexity index is 187. The molecule has 0 amide bonds.